The van der Waals surface area contributed by atoms with Gasteiger partial charge < -0.3 is 4.21 Å². The van der Waals surface area contributed by atoms with Crippen molar-refractivity contribution >= 4 is 31.7 Å². The van der Waals surface area contributed by atoms with Crippen LogP contribution in [0.2, 0.25) is 19.6 Å². The zero-order valence-electron chi connectivity index (χ0n) is 14.5. The molecule has 0 amide bonds. The molecular weight excluding hydrogens is 327 g/mol. The van der Waals surface area contributed by atoms with Gasteiger partial charge in [0.15, 0.2) is 8.32 Å². The summed E-state index contributed by atoms with van der Waals surface area (Å²) in [5.41, 5.74) is 0. The molecule has 3 heteroatoms. The van der Waals surface area contributed by atoms with Crippen LogP contribution in [0.5, 0.6) is 0 Å². The Balaban J connectivity index is 2.33. The van der Waals surface area contributed by atoms with Gasteiger partial charge in [0.2, 0.25) is 0 Å². The monoisotopic (exact) mass is 351 g/mol. The molecule has 24 heavy (non-hydrogen) atoms. The summed E-state index contributed by atoms with van der Waals surface area (Å²) in [5.74, 6) is 0. The molecule has 0 aliphatic carbocycles. The topological polar surface area (TPSA) is 9.23 Å². The lowest BCUT2D eigenvalue weighted by molar-refractivity contribution is 0.624. The maximum atomic E-state index is 7.03. The minimum Gasteiger partial charge on any atom is -0.390 e. The van der Waals surface area contributed by atoms with Crippen molar-refractivity contribution in [1.82, 2.24) is 0 Å². The first-order valence-electron chi connectivity index (χ1n) is 8.29. The zero-order valence-corrected chi connectivity index (χ0v) is 16.4. The van der Waals surface area contributed by atoms with Crippen LogP contribution in [0, 0.1) is 0 Å². The van der Waals surface area contributed by atoms with Crippen molar-refractivity contribution in [3.63, 3.8) is 0 Å². The fourth-order valence-corrected chi connectivity index (χ4v) is 10.2. The van der Waals surface area contributed by atoms with Gasteiger partial charge >= 0.3 is 0 Å². The zero-order chi connectivity index (χ0) is 17.0. The molecule has 3 aromatic rings. The Morgan fingerprint density at radius 1 is 0.542 bits per heavy atom. The second-order valence-corrected chi connectivity index (χ2v) is 14.5. The van der Waals surface area contributed by atoms with Crippen LogP contribution in [0.15, 0.2) is 91.0 Å². The number of hydrogen-bond acceptors (Lipinski definition) is 1. The Morgan fingerprint density at radius 3 is 1.08 bits per heavy atom. The lowest BCUT2D eigenvalue weighted by Gasteiger charge is -2.42. The van der Waals surface area contributed by atoms with Gasteiger partial charge in [0.25, 0.3) is 0 Å². The molecule has 3 aromatic carbocycles. The first kappa shape index (κ1) is 17.1. The smallest absolute Gasteiger partial charge is 0.189 e. The summed E-state index contributed by atoms with van der Waals surface area (Å²) < 4.78 is 7.03. The van der Waals surface area contributed by atoms with Gasteiger partial charge in [0, 0.05) is 15.9 Å². The second-order valence-electron chi connectivity index (χ2n) is 6.82. The fourth-order valence-electron chi connectivity index (χ4n) is 2.93. The third kappa shape index (κ3) is 3.51. The maximum Gasteiger partial charge on any atom is 0.189 e. The Bertz CT molecular complexity index is 671. The average Bonchev–Trinajstić information content (AvgIpc) is 2.61. The minimum atomic E-state index is -2.11. The molecule has 0 saturated heterocycles. The van der Waals surface area contributed by atoms with E-state index in [1.54, 1.807) is 0 Å². The van der Waals surface area contributed by atoms with E-state index in [0.29, 0.717) is 0 Å². The van der Waals surface area contributed by atoms with E-state index in [0.717, 1.165) is 0 Å². The van der Waals surface area contributed by atoms with E-state index in [9.17, 15) is 0 Å². The molecule has 0 N–H and O–H groups in total. The highest BCUT2D eigenvalue weighted by Crippen LogP contribution is 2.58. The molecule has 0 spiro atoms. The van der Waals surface area contributed by atoms with Gasteiger partial charge in [0.05, 0.1) is 7.49 Å². The summed E-state index contributed by atoms with van der Waals surface area (Å²) >= 11 is 0. The van der Waals surface area contributed by atoms with E-state index in [1.165, 1.54) is 15.9 Å². The van der Waals surface area contributed by atoms with Crippen molar-refractivity contribution < 1.29 is 4.21 Å². The SMILES string of the molecule is C[Si](C)(C)O[P](c1ccccc1)(c1ccccc1)c1ccccc1. The molecule has 0 aliphatic rings. The predicted octanol–water partition coefficient (Wildman–Crippen LogP) is 4.75. The van der Waals surface area contributed by atoms with Gasteiger partial charge in [-0.3, -0.25) is 0 Å². The fraction of sp³-hybridized carbons (Fsp3) is 0.143. The highest BCUT2D eigenvalue weighted by atomic mass is 31.2. The molecule has 0 aromatic heterocycles. The van der Waals surface area contributed by atoms with E-state index in [1.807, 2.05) is 0 Å². The van der Waals surface area contributed by atoms with Crippen molar-refractivity contribution in [3.8, 4) is 0 Å². The van der Waals surface area contributed by atoms with Crippen LogP contribution in [-0.2, 0) is 4.21 Å². The van der Waals surface area contributed by atoms with E-state index < -0.39 is 15.8 Å². The maximum absolute atomic E-state index is 7.03. The molecule has 0 fully saturated rings. The van der Waals surface area contributed by atoms with E-state index in [-0.39, 0.29) is 0 Å². The number of hydrogen-bond donors (Lipinski definition) is 0. The van der Waals surface area contributed by atoms with Gasteiger partial charge in [-0.1, -0.05) is 91.0 Å². The van der Waals surface area contributed by atoms with Crippen molar-refractivity contribution in [1.29, 1.82) is 0 Å². The van der Waals surface area contributed by atoms with Crippen LogP contribution < -0.4 is 15.9 Å². The van der Waals surface area contributed by atoms with Gasteiger partial charge in [-0.15, -0.1) is 0 Å². The molecule has 0 heterocycles. The molecule has 1 radical (unpaired) electrons. The molecule has 1 nitrogen and oxygen atoms in total. The van der Waals surface area contributed by atoms with Crippen molar-refractivity contribution in [2.24, 2.45) is 0 Å². The van der Waals surface area contributed by atoms with Crippen molar-refractivity contribution in [2.75, 3.05) is 0 Å². The number of benzene rings is 3. The first-order chi connectivity index (χ1) is 11.5. The van der Waals surface area contributed by atoms with Crippen molar-refractivity contribution in [2.45, 2.75) is 19.6 Å². The molecule has 0 saturated carbocycles. The largest absolute Gasteiger partial charge is 0.390 e. The highest BCUT2D eigenvalue weighted by Gasteiger charge is 2.39. The number of rotatable bonds is 5. The van der Waals surface area contributed by atoms with E-state index in [2.05, 4.69) is 111 Å². The lowest BCUT2D eigenvalue weighted by Crippen LogP contribution is -2.39. The lowest BCUT2D eigenvalue weighted by atomic mass is 10.4. The minimum absolute atomic E-state index is 1.28. The van der Waals surface area contributed by atoms with Crippen LogP contribution in [-0.4, -0.2) is 8.32 Å². The summed E-state index contributed by atoms with van der Waals surface area (Å²) in [6.07, 6.45) is 0. The Morgan fingerprint density at radius 2 is 0.833 bits per heavy atom. The molecule has 0 aliphatic heterocycles. The summed E-state index contributed by atoms with van der Waals surface area (Å²) in [6.45, 7) is 6.82. The standard InChI is InChI=1S/C21H24OPSi/c1-24(2,3)22-23(19-13-7-4-8-14-19,20-15-9-5-10-16-20)21-17-11-6-12-18-21/h4-18H,1-3H3. The molecule has 0 unspecified atom stereocenters. The molecule has 0 bridgehead atoms. The Kier molecular flexibility index (Phi) is 5.00. The van der Waals surface area contributed by atoms with E-state index in [4.69, 9.17) is 4.21 Å². The van der Waals surface area contributed by atoms with Gasteiger partial charge in [-0.2, -0.15) is 0 Å². The van der Waals surface area contributed by atoms with Gasteiger partial charge in [-0.05, 0) is 19.6 Å². The van der Waals surface area contributed by atoms with Crippen molar-refractivity contribution in [3.05, 3.63) is 91.0 Å². The second kappa shape index (κ2) is 7.02. The van der Waals surface area contributed by atoms with Gasteiger partial charge in [-0.25, -0.2) is 0 Å². The highest BCUT2D eigenvalue weighted by molar-refractivity contribution is 7.92. The third-order valence-corrected chi connectivity index (χ3v) is 10.1. The molecule has 0 atom stereocenters. The van der Waals surface area contributed by atoms with Crippen LogP contribution >= 0.6 is 7.49 Å². The Labute approximate surface area is 146 Å². The van der Waals surface area contributed by atoms with E-state index >= 15 is 0 Å². The molecule has 3 rings (SSSR count). The first-order valence-corrected chi connectivity index (χ1v) is 13.4. The molecule has 123 valence electrons. The summed E-state index contributed by atoms with van der Waals surface area (Å²) in [5, 5.41) is 3.85. The quantitative estimate of drug-likeness (QED) is 0.476. The van der Waals surface area contributed by atoms with Crippen LogP contribution in [0.25, 0.3) is 0 Å². The Hall–Kier alpha value is -1.73. The normalized spacial score (nSPS) is 12.1. The third-order valence-electron chi connectivity index (χ3n) is 3.77. The van der Waals surface area contributed by atoms with Crippen LogP contribution in [0.4, 0.5) is 0 Å². The summed E-state index contributed by atoms with van der Waals surface area (Å²) in [7, 11) is -3.90. The predicted molar refractivity (Wildman–Crippen MR) is 110 cm³/mol. The van der Waals surface area contributed by atoms with Crippen LogP contribution in [0.1, 0.15) is 0 Å². The molecular formula is C21H24OPSi. The average molecular weight is 351 g/mol. The van der Waals surface area contributed by atoms with Gasteiger partial charge in [0.1, 0.15) is 0 Å². The summed E-state index contributed by atoms with van der Waals surface area (Å²) in [4.78, 5) is 0. The van der Waals surface area contributed by atoms with Crippen LogP contribution in [0.3, 0.4) is 0 Å². The summed E-state index contributed by atoms with van der Waals surface area (Å²) in [6, 6.07) is 32.2.